The van der Waals surface area contributed by atoms with Crippen molar-refractivity contribution in [1.82, 2.24) is 19.3 Å². The number of nitrogens with zero attached hydrogens (tertiary/aromatic N) is 3. The molecule has 0 unspecified atom stereocenters. The molecule has 1 aliphatic rings. The van der Waals surface area contributed by atoms with Gasteiger partial charge in [-0.25, -0.2) is 22.4 Å². The zero-order valence-corrected chi connectivity index (χ0v) is 16.2. The molecule has 0 saturated carbocycles. The number of fused-ring (bicyclic) bond motifs is 1. The average molecular weight is 385 g/mol. The summed E-state index contributed by atoms with van der Waals surface area (Å²) >= 11 is 0. The molecule has 1 aromatic carbocycles. The first-order valence-electron chi connectivity index (χ1n) is 9.09. The summed E-state index contributed by atoms with van der Waals surface area (Å²) in [6.07, 6.45) is 5.09. The highest BCUT2D eigenvalue weighted by Gasteiger charge is 2.23. The summed E-state index contributed by atoms with van der Waals surface area (Å²) in [5.41, 5.74) is 1.39. The number of aryl methyl sites for hydroxylation is 1. The Bertz CT molecular complexity index is 1050. The Balaban J connectivity index is 1.69. The second kappa shape index (κ2) is 6.94. The summed E-state index contributed by atoms with van der Waals surface area (Å²) in [7, 11) is -3.71. The Morgan fingerprint density at radius 1 is 1.15 bits per heavy atom. The van der Waals surface area contributed by atoms with E-state index in [1.807, 2.05) is 6.92 Å². The van der Waals surface area contributed by atoms with E-state index >= 15 is 0 Å². The van der Waals surface area contributed by atoms with Gasteiger partial charge in [-0.2, -0.15) is 0 Å². The van der Waals surface area contributed by atoms with E-state index in [0.717, 1.165) is 24.9 Å². The minimum absolute atomic E-state index is 0.240. The monoisotopic (exact) mass is 385 g/mol. The highest BCUT2D eigenvalue weighted by molar-refractivity contribution is 7.90. The molecule has 1 aliphatic heterocycles. The van der Waals surface area contributed by atoms with Gasteiger partial charge in [0.05, 0.1) is 10.3 Å². The van der Waals surface area contributed by atoms with Gasteiger partial charge in [-0.15, -0.1) is 0 Å². The van der Waals surface area contributed by atoms with E-state index in [1.54, 1.807) is 36.5 Å². The molecule has 2 aromatic heterocycles. The molecular weight excluding hydrogens is 362 g/mol. The Kier molecular flexibility index (Phi) is 4.61. The van der Waals surface area contributed by atoms with E-state index in [4.69, 9.17) is 0 Å². The number of nitrogens with one attached hydrogen (secondary N) is 2. The van der Waals surface area contributed by atoms with Gasteiger partial charge in [0.15, 0.2) is 5.65 Å². The molecule has 7 nitrogen and oxygen atoms in total. The van der Waals surface area contributed by atoms with Gasteiger partial charge in [0, 0.05) is 24.8 Å². The Labute approximate surface area is 158 Å². The smallest absolute Gasteiger partial charge is 0.269 e. The number of anilines is 1. The first-order chi connectivity index (χ1) is 12.9. The van der Waals surface area contributed by atoms with E-state index in [1.165, 1.54) is 10.3 Å². The number of aromatic nitrogens is 3. The standard InChI is InChI=1S/C19H23N5O2S/c1-13-3-7-16(8-4-13)27(25,26)24-10-9-17-18(21-12-22-19(17)24)23-15-6-5-14(2)20-11-15/h3-4,7-10,12,14-15,20H,5-6,11H2,1-2H3,(H,21,22,23)/t14-,15+/m0/s1. The number of benzene rings is 1. The molecular formula is C19H23N5O2S. The van der Waals surface area contributed by atoms with Crippen LogP contribution in [-0.4, -0.2) is 41.0 Å². The van der Waals surface area contributed by atoms with Gasteiger partial charge >= 0.3 is 0 Å². The van der Waals surface area contributed by atoms with Crippen molar-refractivity contribution >= 4 is 26.9 Å². The van der Waals surface area contributed by atoms with Gasteiger partial charge in [0.1, 0.15) is 12.1 Å². The van der Waals surface area contributed by atoms with Crippen molar-refractivity contribution in [3.05, 3.63) is 48.4 Å². The molecule has 1 saturated heterocycles. The van der Waals surface area contributed by atoms with E-state index in [0.29, 0.717) is 22.9 Å². The van der Waals surface area contributed by atoms with Crippen LogP contribution in [0.4, 0.5) is 5.82 Å². The molecule has 4 rings (SSSR count). The third kappa shape index (κ3) is 3.42. The van der Waals surface area contributed by atoms with Crippen LogP contribution < -0.4 is 10.6 Å². The zero-order chi connectivity index (χ0) is 19.0. The van der Waals surface area contributed by atoms with Gasteiger partial charge < -0.3 is 10.6 Å². The van der Waals surface area contributed by atoms with E-state index < -0.39 is 10.0 Å². The Morgan fingerprint density at radius 3 is 2.63 bits per heavy atom. The summed E-state index contributed by atoms with van der Waals surface area (Å²) in [5, 5.41) is 7.58. The van der Waals surface area contributed by atoms with Gasteiger partial charge in [-0.05, 0) is 44.9 Å². The van der Waals surface area contributed by atoms with Crippen molar-refractivity contribution in [2.45, 2.75) is 43.7 Å². The Morgan fingerprint density at radius 2 is 1.93 bits per heavy atom. The highest BCUT2D eigenvalue weighted by Crippen LogP contribution is 2.26. The van der Waals surface area contributed by atoms with Gasteiger partial charge in [0.2, 0.25) is 0 Å². The molecule has 27 heavy (non-hydrogen) atoms. The molecule has 0 bridgehead atoms. The predicted molar refractivity (Wildman–Crippen MR) is 105 cm³/mol. The average Bonchev–Trinajstić information content (AvgIpc) is 3.10. The molecule has 142 valence electrons. The lowest BCUT2D eigenvalue weighted by molar-refractivity contribution is 0.398. The van der Waals surface area contributed by atoms with E-state index in [2.05, 4.69) is 27.5 Å². The molecule has 0 spiro atoms. The summed E-state index contributed by atoms with van der Waals surface area (Å²) in [5.74, 6) is 0.666. The lowest BCUT2D eigenvalue weighted by Crippen LogP contribution is -2.43. The maximum atomic E-state index is 13.0. The molecule has 3 aromatic rings. The van der Waals surface area contributed by atoms with Crippen molar-refractivity contribution in [3.8, 4) is 0 Å². The molecule has 2 N–H and O–H groups in total. The minimum Gasteiger partial charge on any atom is -0.365 e. The maximum absolute atomic E-state index is 13.0. The molecule has 1 fully saturated rings. The number of hydrogen-bond acceptors (Lipinski definition) is 6. The molecule has 0 radical (unpaired) electrons. The normalized spacial score (nSPS) is 20.7. The molecule has 0 aliphatic carbocycles. The van der Waals surface area contributed by atoms with E-state index in [9.17, 15) is 8.42 Å². The topological polar surface area (TPSA) is 88.9 Å². The number of hydrogen-bond donors (Lipinski definition) is 2. The summed E-state index contributed by atoms with van der Waals surface area (Å²) in [6, 6.07) is 9.35. The van der Waals surface area contributed by atoms with Gasteiger partial charge in [-0.3, -0.25) is 0 Å². The fourth-order valence-corrected chi connectivity index (χ4v) is 4.68. The van der Waals surface area contributed by atoms with Crippen LogP contribution in [0.2, 0.25) is 0 Å². The summed E-state index contributed by atoms with van der Waals surface area (Å²) < 4.78 is 27.3. The quantitative estimate of drug-likeness (QED) is 0.717. The van der Waals surface area contributed by atoms with Crippen LogP contribution in [0.25, 0.3) is 11.0 Å². The van der Waals surface area contributed by atoms with Crippen LogP contribution in [0.1, 0.15) is 25.3 Å². The third-order valence-corrected chi connectivity index (χ3v) is 6.71. The predicted octanol–water partition coefficient (Wildman–Crippen LogP) is 2.53. The SMILES string of the molecule is Cc1ccc(S(=O)(=O)n2ccc3c(N[C@@H]4CC[C@H](C)NC4)ncnc32)cc1. The Hall–Kier alpha value is -2.45. The molecule has 8 heteroatoms. The van der Waals surface area contributed by atoms with Crippen LogP contribution in [0, 0.1) is 6.92 Å². The third-order valence-electron chi connectivity index (χ3n) is 5.03. The van der Waals surface area contributed by atoms with Crippen molar-refractivity contribution in [2.75, 3.05) is 11.9 Å². The second-order valence-corrected chi connectivity index (χ2v) is 8.93. The largest absolute Gasteiger partial charge is 0.365 e. The first-order valence-corrected chi connectivity index (χ1v) is 10.5. The summed E-state index contributed by atoms with van der Waals surface area (Å²) in [6.45, 7) is 4.96. The van der Waals surface area contributed by atoms with Crippen molar-refractivity contribution in [1.29, 1.82) is 0 Å². The van der Waals surface area contributed by atoms with Gasteiger partial charge in [-0.1, -0.05) is 17.7 Å². The van der Waals surface area contributed by atoms with Crippen molar-refractivity contribution < 1.29 is 8.42 Å². The van der Waals surface area contributed by atoms with Crippen LogP contribution in [0.15, 0.2) is 47.8 Å². The van der Waals surface area contributed by atoms with Crippen molar-refractivity contribution in [3.63, 3.8) is 0 Å². The molecule has 2 atom stereocenters. The van der Waals surface area contributed by atoms with Crippen LogP contribution in [0.3, 0.4) is 0 Å². The zero-order valence-electron chi connectivity index (χ0n) is 15.4. The second-order valence-electron chi connectivity index (χ2n) is 7.12. The van der Waals surface area contributed by atoms with Crippen LogP contribution in [0.5, 0.6) is 0 Å². The lowest BCUT2D eigenvalue weighted by atomic mass is 10.0. The number of rotatable bonds is 4. The molecule has 3 heterocycles. The highest BCUT2D eigenvalue weighted by atomic mass is 32.2. The van der Waals surface area contributed by atoms with E-state index in [-0.39, 0.29) is 10.9 Å². The van der Waals surface area contributed by atoms with Crippen molar-refractivity contribution in [2.24, 2.45) is 0 Å². The maximum Gasteiger partial charge on any atom is 0.269 e. The first kappa shape index (κ1) is 17.9. The van der Waals surface area contributed by atoms with Gasteiger partial charge in [0.25, 0.3) is 10.0 Å². The number of piperidine rings is 1. The van der Waals surface area contributed by atoms with Crippen LogP contribution in [-0.2, 0) is 10.0 Å². The fourth-order valence-electron chi connectivity index (χ4n) is 3.38. The molecule has 0 amide bonds. The minimum atomic E-state index is -3.71. The van der Waals surface area contributed by atoms with Crippen LogP contribution >= 0.6 is 0 Å². The fraction of sp³-hybridized carbons (Fsp3) is 0.368. The summed E-state index contributed by atoms with van der Waals surface area (Å²) in [4.78, 5) is 8.81. The lowest BCUT2D eigenvalue weighted by Gasteiger charge is -2.28.